The predicted molar refractivity (Wildman–Crippen MR) is 137 cm³/mol. The monoisotopic (exact) mass is 548 g/mol. The maximum Gasteiger partial charge on any atom is 0.416 e. The number of para-hydroxylation sites is 1. The summed E-state index contributed by atoms with van der Waals surface area (Å²) in [6.07, 6.45) is 2.52. The molecule has 1 N–H and O–H groups in total. The fraction of sp³-hybridized carbons (Fsp3) is 0.444. The lowest BCUT2D eigenvalue weighted by molar-refractivity contribution is -0.137. The molecule has 2 aromatic carbocycles. The summed E-state index contributed by atoms with van der Waals surface area (Å²) in [4.78, 5) is 9.40. The van der Waals surface area contributed by atoms with Gasteiger partial charge in [0.25, 0.3) is 0 Å². The number of ether oxygens (including phenoxy) is 1. The minimum atomic E-state index is -4.54. The van der Waals surface area contributed by atoms with Crippen molar-refractivity contribution in [2.24, 2.45) is 5.92 Å². The number of aromatic nitrogens is 2. The highest BCUT2D eigenvalue weighted by atomic mass is 32.2. The first-order valence-electron chi connectivity index (χ1n) is 12.8. The highest BCUT2D eigenvalue weighted by Gasteiger charge is 2.36. The molecule has 3 heterocycles. The lowest BCUT2D eigenvalue weighted by Crippen LogP contribution is -2.43. The third-order valence-corrected chi connectivity index (χ3v) is 9.29. The average molecular weight is 549 g/mol. The first-order chi connectivity index (χ1) is 18.2. The molecule has 2 aliphatic rings. The van der Waals surface area contributed by atoms with Crippen LogP contribution in [0, 0.1) is 5.92 Å². The van der Waals surface area contributed by atoms with Crippen LogP contribution in [-0.4, -0.2) is 48.5 Å². The van der Waals surface area contributed by atoms with E-state index in [9.17, 15) is 21.6 Å². The zero-order valence-corrected chi connectivity index (χ0v) is 21.7. The number of benzene rings is 2. The fourth-order valence-corrected chi connectivity index (χ4v) is 6.79. The van der Waals surface area contributed by atoms with Crippen molar-refractivity contribution in [1.29, 1.82) is 0 Å². The molecule has 0 unspecified atom stereocenters. The van der Waals surface area contributed by atoms with Crippen LogP contribution in [0.3, 0.4) is 0 Å². The molecule has 0 saturated carbocycles. The van der Waals surface area contributed by atoms with Gasteiger partial charge in [-0.1, -0.05) is 18.2 Å². The quantitative estimate of drug-likeness (QED) is 0.438. The second kappa shape index (κ2) is 11.1. The topological polar surface area (TPSA) is 78.5 Å². The number of rotatable bonds is 7. The Morgan fingerprint density at radius 2 is 1.76 bits per heavy atom. The number of fused-ring (bicyclic) bond motifs is 1. The molecule has 2 aliphatic heterocycles. The minimum absolute atomic E-state index is 0.132. The molecule has 1 fully saturated rings. The van der Waals surface area contributed by atoms with Gasteiger partial charge in [-0.15, -0.1) is 0 Å². The van der Waals surface area contributed by atoms with Crippen LogP contribution in [0.1, 0.15) is 42.5 Å². The summed E-state index contributed by atoms with van der Waals surface area (Å²) in [6.45, 7) is 2.36. The van der Waals surface area contributed by atoms with Gasteiger partial charge in [-0.3, -0.25) is 0 Å². The van der Waals surface area contributed by atoms with Crippen LogP contribution < -0.4 is 4.90 Å². The summed E-state index contributed by atoms with van der Waals surface area (Å²) in [5.74, 6) is 0.510. The SMILES string of the molecule is O=S(=O)(c1ccc(C(F)(F)F)cc1)N1Cc2ccccc2N(Cc2cnc[nH]2)[C@H](CCC2CCOCC2)C1. The largest absolute Gasteiger partial charge is 0.416 e. The molecule has 1 atom stereocenters. The maximum atomic E-state index is 13.8. The van der Waals surface area contributed by atoms with Crippen molar-refractivity contribution in [2.45, 2.75) is 55.9 Å². The summed E-state index contributed by atoms with van der Waals surface area (Å²) < 4.78 is 73.8. The Labute approximate surface area is 220 Å². The van der Waals surface area contributed by atoms with Crippen molar-refractivity contribution in [3.05, 3.63) is 77.9 Å². The summed E-state index contributed by atoms with van der Waals surface area (Å²) in [7, 11) is -4.05. The molecular formula is C27H31F3N4O3S. The molecule has 0 spiro atoms. The Hall–Kier alpha value is -2.89. The standard InChI is InChI=1S/C27H31F3N4O3S/c28-27(29,30)22-6-9-25(10-7-22)38(35,36)33-16-21-3-1-2-4-26(21)34(17-23-15-31-19-32-23)24(18-33)8-5-20-11-13-37-14-12-20/h1-4,6-7,9-10,15,19-20,24H,5,8,11-14,16-18H2,(H,31,32)/t24-/m1/s1. The Morgan fingerprint density at radius 1 is 1.03 bits per heavy atom. The van der Waals surface area contributed by atoms with Gasteiger partial charge in [-0.25, -0.2) is 13.4 Å². The number of hydrogen-bond acceptors (Lipinski definition) is 5. The third-order valence-electron chi connectivity index (χ3n) is 7.47. The van der Waals surface area contributed by atoms with Crippen LogP contribution >= 0.6 is 0 Å². The molecule has 5 rings (SSSR count). The number of H-pyrrole nitrogens is 1. The molecule has 0 bridgehead atoms. The molecule has 0 aliphatic carbocycles. The van der Waals surface area contributed by atoms with E-state index in [1.165, 1.54) is 4.31 Å². The Balaban J connectivity index is 1.48. The van der Waals surface area contributed by atoms with E-state index >= 15 is 0 Å². The van der Waals surface area contributed by atoms with Crippen LogP contribution in [-0.2, 0) is 34.0 Å². The van der Waals surface area contributed by atoms with Crippen molar-refractivity contribution < 1.29 is 26.3 Å². The Bertz CT molecular complexity index is 1310. The average Bonchev–Trinajstić information content (AvgIpc) is 3.37. The molecule has 7 nitrogen and oxygen atoms in total. The molecule has 0 radical (unpaired) electrons. The van der Waals surface area contributed by atoms with Gasteiger partial charge in [0.15, 0.2) is 0 Å². The van der Waals surface area contributed by atoms with Crippen molar-refractivity contribution in [1.82, 2.24) is 14.3 Å². The first-order valence-corrected chi connectivity index (χ1v) is 14.2. The zero-order valence-electron chi connectivity index (χ0n) is 20.9. The lowest BCUT2D eigenvalue weighted by Gasteiger charge is -2.35. The molecule has 204 valence electrons. The molecule has 1 aromatic heterocycles. The van der Waals surface area contributed by atoms with E-state index in [4.69, 9.17) is 4.74 Å². The number of alkyl halides is 3. The van der Waals surface area contributed by atoms with E-state index in [-0.39, 0.29) is 24.0 Å². The van der Waals surface area contributed by atoms with Gasteiger partial charge in [-0.2, -0.15) is 17.5 Å². The van der Waals surface area contributed by atoms with Gasteiger partial charge in [0.2, 0.25) is 10.0 Å². The highest BCUT2D eigenvalue weighted by molar-refractivity contribution is 7.89. The summed E-state index contributed by atoms with van der Waals surface area (Å²) in [5, 5.41) is 0. The second-order valence-corrected chi connectivity index (χ2v) is 11.9. The number of sulfonamides is 1. The van der Waals surface area contributed by atoms with Gasteiger partial charge in [0.05, 0.1) is 29.0 Å². The third kappa shape index (κ3) is 5.89. The van der Waals surface area contributed by atoms with E-state index in [1.54, 1.807) is 12.5 Å². The van der Waals surface area contributed by atoms with Crippen LogP contribution in [0.25, 0.3) is 0 Å². The zero-order chi connectivity index (χ0) is 26.8. The molecule has 0 amide bonds. The first kappa shape index (κ1) is 26.7. The van der Waals surface area contributed by atoms with E-state index in [1.807, 2.05) is 24.3 Å². The normalized spacial score (nSPS) is 19.8. The molecule has 3 aromatic rings. The van der Waals surface area contributed by atoms with Crippen molar-refractivity contribution >= 4 is 15.7 Å². The molecule has 11 heteroatoms. The number of anilines is 1. The van der Waals surface area contributed by atoms with Crippen molar-refractivity contribution in [2.75, 3.05) is 24.7 Å². The molecule has 38 heavy (non-hydrogen) atoms. The van der Waals surface area contributed by atoms with Crippen LogP contribution in [0.15, 0.2) is 66.0 Å². The second-order valence-electron chi connectivity index (χ2n) is 9.94. The van der Waals surface area contributed by atoms with E-state index in [2.05, 4.69) is 14.9 Å². The van der Waals surface area contributed by atoms with Gasteiger partial charge in [-0.05, 0) is 67.5 Å². The van der Waals surface area contributed by atoms with Crippen LogP contribution in [0.5, 0.6) is 0 Å². The number of halogens is 3. The summed E-state index contributed by atoms with van der Waals surface area (Å²) >= 11 is 0. The van der Waals surface area contributed by atoms with Gasteiger partial charge >= 0.3 is 6.18 Å². The number of imidazole rings is 1. The lowest BCUT2D eigenvalue weighted by atomic mass is 9.92. The maximum absolute atomic E-state index is 13.8. The number of nitrogens with one attached hydrogen (secondary N) is 1. The van der Waals surface area contributed by atoms with Crippen LogP contribution in [0.2, 0.25) is 0 Å². The van der Waals surface area contributed by atoms with Gasteiger partial charge in [0, 0.05) is 44.2 Å². The number of nitrogens with zero attached hydrogens (tertiary/aromatic N) is 3. The Kier molecular flexibility index (Phi) is 7.78. The smallest absolute Gasteiger partial charge is 0.381 e. The van der Waals surface area contributed by atoms with E-state index in [0.717, 1.165) is 80.1 Å². The van der Waals surface area contributed by atoms with Crippen LogP contribution in [0.4, 0.5) is 18.9 Å². The number of hydrogen-bond donors (Lipinski definition) is 1. The Morgan fingerprint density at radius 3 is 2.45 bits per heavy atom. The molecular weight excluding hydrogens is 517 g/mol. The summed E-state index contributed by atoms with van der Waals surface area (Å²) in [6, 6.07) is 11.3. The van der Waals surface area contributed by atoms with E-state index < -0.39 is 21.8 Å². The minimum Gasteiger partial charge on any atom is -0.381 e. The van der Waals surface area contributed by atoms with Crippen molar-refractivity contribution in [3.63, 3.8) is 0 Å². The summed E-state index contributed by atoms with van der Waals surface area (Å²) in [5.41, 5.74) is 1.83. The molecule has 1 saturated heterocycles. The van der Waals surface area contributed by atoms with Gasteiger partial charge < -0.3 is 14.6 Å². The van der Waals surface area contributed by atoms with E-state index in [0.29, 0.717) is 12.5 Å². The van der Waals surface area contributed by atoms with Gasteiger partial charge in [0.1, 0.15) is 0 Å². The van der Waals surface area contributed by atoms with Crippen molar-refractivity contribution in [3.8, 4) is 0 Å². The fourth-order valence-electron chi connectivity index (χ4n) is 5.34. The highest BCUT2D eigenvalue weighted by Crippen LogP contribution is 2.35. The number of aromatic amines is 1. The predicted octanol–water partition coefficient (Wildman–Crippen LogP) is 5.22.